The van der Waals surface area contributed by atoms with Crippen molar-refractivity contribution in [2.45, 2.75) is 13.5 Å². The van der Waals surface area contributed by atoms with Gasteiger partial charge in [0.1, 0.15) is 11.4 Å². The topological polar surface area (TPSA) is 60.3 Å². The summed E-state index contributed by atoms with van der Waals surface area (Å²) in [5, 5.41) is 2.90. The predicted molar refractivity (Wildman–Crippen MR) is 111 cm³/mol. The first-order valence-electron chi connectivity index (χ1n) is 8.94. The maximum atomic E-state index is 12.9. The van der Waals surface area contributed by atoms with Crippen LogP contribution >= 0.6 is 0 Å². The molecule has 0 aliphatic rings. The molecule has 28 heavy (non-hydrogen) atoms. The number of hydrogen-bond donors (Lipinski definition) is 1. The molecule has 142 valence electrons. The molecule has 0 spiro atoms. The molecule has 3 rings (SSSR count). The summed E-state index contributed by atoms with van der Waals surface area (Å²) in [6.45, 7) is 2.39. The molecule has 2 aromatic carbocycles. The lowest BCUT2D eigenvalue weighted by Gasteiger charge is -2.12. The highest BCUT2D eigenvalue weighted by molar-refractivity contribution is 6.18. The monoisotopic (exact) mass is 374 g/mol. The van der Waals surface area contributed by atoms with Crippen molar-refractivity contribution >= 4 is 17.7 Å². The van der Waals surface area contributed by atoms with Gasteiger partial charge < -0.3 is 10.1 Å². The Morgan fingerprint density at radius 1 is 1.04 bits per heavy atom. The molecule has 0 aliphatic carbocycles. The van der Waals surface area contributed by atoms with Gasteiger partial charge in [-0.1, -0.05) is 48.0 Å². The fourth-order valence-corrected chi connectivity index (χ4v) is 2.71. The molecule has 5 heteroatoms. The lowest BCUT2D eigenvalue weighted by atomic mass is 10.1. The second kappa shape index (κ2) is 8.86. The van der Waals surface area contributed by atoms with Crippen LogP contribution in [0.4, 0.5) is 0 Å². The number of nitrogens with zero attached hydrogens (tertiary/aromatic N) is 1. The summed E-state index contributed by atoms with van der Waals surface area (Å²) in [5.41, 5.74) is 2.92. The normalized spacial score (nSPS) is 11.1. The Balaban J connectivity index is 1.90. The summed E-state index contributed by atoms with van der Waals surface area (Å²) in [6, 6.07) is 20.0. The van der Waals surface area contributed by atoms with Gasteiger partial charge in [0, 0.05) is 18.8 Å². The average molecular weight is 374 g/mol. The van der Waals surface area contributed by atoms with Crippen molar-refractivity contribution < 1.29 is 9.53 Å². The van der Waals surface area contributed by atoms with E-state index < -0.39 is 0 Å². The molecule has 5 nitrogen and oxygen atoms in total. The number of aryl methyl sites for hydroxylation is 1. The van der Waals surface area contributed by atoms with Crippen molar-refractivity contribution in [1.82, 2.24) is 9.88 Å². The van der Waals surface area contributed by atoms with Crippen LogP contribution in [0.1, 0.15) is 16.7 Å². The summed E-state index contributed by atoms with van der Waals surface area (Å²) in [4.78, 5) is 25.2. The Hall–Kier alpha value is -3.60. The third-order valence-electron chi connectivity index (χ3n) is 4.31. The fourth-order valence-electron chi connectivity index (χ4n) is 2.71. The van der Waals surface area contributed by atoms with E-state index in [1.165, 1.54) is 10.6 Å². The molecule has 0 radical (unpaired) electrons. The van der Waals surface area contributed by atoms with Crippen LogP contribution in [-0.2, 0) is 11.3 Å². The van der Waals surface area contributed by atoms with Gasteiger partial charge in [-0.2, -0.15) is 0 Å². The molecule has 0 unspecified atom stereocenters. The maximum absolute atomic E-state index is 12.9. The lowest BCUT2D eigenvalue weighted by Crippen LogP contribution is -2.30. The number of ether oxygens (including phenoxy) is 1. The third kappa shape index (κ3) is 4.76. The molecule has 0 bridgehead atoms. The number of methoxy groups -OCH3 is 1. The van der Waals surface area contributed by atoms with Crippen molar-refractivity contribution in [3.8, 4) is 5.75 Å². The lowest BCUT2D eigenvalue weighted by molar-refractivity contribution is -0.116. The largest absolute Gasteiger partial charge is 0.497 e. The SMILES string of the molecule is COc1ccc(/C=C(/C(=O)NCc2ccc(C)cc2)n2ccccc2=O)cc1. The second-order valence-electron chi connectivity index (χ2n) is 6.38. The van der Waals surface area contributed by atoms with Crippen LogP contribution in [0.5, 0.6) is 5.75 Å². The van der Waals surface area contributed by atoms with Gasteiger partial charge in [0.05, 0.1) is 7.11 Å². The second-order valence-corrected chi connectivity index (χ2v) is 6.38. The summed E-state index contributed by atoms with van der Waals surface area (Å²) in [6.07, 6.45) is 3.27. The standard InChI is InChI=1S/C23H22N2O3/c1-17-6-8-19(9-7-17)16-24-23(27)21(25-14-4-3-5-22(25)26)15-18-10-12-20(28-2)13-11-18/h3-15H,16H2,1-2H3,(H,24,27)/b21-15-. The van der Waals surface area contributed by atoms with Crippen molar-refractivity contribution in [3.05, 3.63) is 100.0 Å². The van der Waals surface area contributed by atoms with E-state index >= 15 is 0 Å². The molecule has 0 atom stereocenters. The van der Waals surface area contributed by atoms with Gasteiger partial charge >= 0.3 is 0 Å². The molecule has 0 saturated heterocycles. The zero-order valence-corrected chi connectivity index (χ0v) is 15.9. The highest BCUT2D eigenvalue weighted by Crippen LogP contribution is 2.16. The molecule has 1 aromatic heterocycles. The average Bonchev–Trinajstić information content (AvgIpc) is 2.72. The van der Waals surface area contributed by atoms with E-state index in [0.717, 1.165) is 22.4 Å². The highest BCUT2D eigenvalue weighted by atomic mass is 16.5. The van der Waals surface area contributed by atoms with Gasteiger partial charge in [0.25, 0.3) is 11.5 Å². The molecular weight excluding hydrogens is 352 g/mol. The van der Waals surface area contributed by atoms with Gasteiger partial charge in [-0.15, -0.1) is 0 Å². The van der Waals surface area contributed by atoms with Crippen LogP contribution in [0, 0.1) is 6.92 Å². The fraction of sp³-hybridized carbons (Fsp3) is 0.130. The van der Waals surface area contributed by atoms with Crippen molar-refractivity contribution in [2.75, 3.05) is 7.11 Å². The van der Waals surface area contributed by atoms with E-state index in [-0.39, 0.29) is 17.2 Å². The smallest absolute Gasteiger partial charge is 0.268 e. The number of nitrogens with one attached hydrogen (secondary N) is 1. The van der Waals surface area contributed by atoms with Crippen LogP contribution in [0.25, 0.3) is 11.8 Å². The van der Waals surface area contributed by atoms with Gasteiger partial charge in [-0.05, 0) is 42.3 Å². The van der Waals surface area contributed by atoms with E-state index in [0.29, 0.717) is 6.54 Å². The first kappa shape index (κ1) is 19.2. The summed E-state index contributed by atoms with van der Waals surface area (Å²) >= 11 is 0. The number of pyridine rings is 1. The summed E-state index contributed by atoms with van der Waals surface area (Å²) in [7, 11) is 1.60. The minimum atomic E-state index is -0.329. The van der Waals surface area contributed by atoms with E-state index in [1.807, 2.05) is 43.3 Å². The van der Waals surface area contributed by atoms with E-state index in [2.05, 4.69) is 5.32 Å². The first-order valence-corrected chi connectivity index (χ1v) is 8.94. The Morgan fingerprint density at radius 3 is 2.39 bits per heavy atom. The number of carbonyl (C=O) groups is 1. The zero-order chi connectivity index (χ0) is 19.9. The molecule has 0 saturated carbocycles. The molecule has 3 aromatic rings. The number of carbonyl (C=O) groups excluding carboxylic acids is 1. The Bertz CT molecular complexity index is 1030. The first-order chi connectivity index (χ1) is 13.6. The number of hydrogen-bond acceptors (Lipinski definition) is 3. The zero-order valence-electron chi connectivity index (χ0n) is 15.9. The number of rotatable bonds is 6. The van der Waals surface area contributed by atoms with Crippen LogP contribution in [0.2, 0.25) is 0 Å². The summed E-state index contributed by atoms with van der Waals surface area (Å²) in [5.74, 6) is 0.393. The van der Waals surface area contributed by atoms with E-state index in [1.54, 1.807) is 43.6 Å². The van der Waals surface area contributed by atoms with E-state index in [4.69, 9.17) is 4.74 Å². The quantitative estimate of drug-likeness (QED) is 0.672. The molecule has 1 N–H and O–H groups in total. The van der Waals surface area contributed by atoms with Gasteiger partial charge in [0.2, 0.25) is 0 Å². The predicted octanol–water partition coefficient (Wildman–Crippen LogP) is 3.48. The van der Waals surface area contributed by atoms with Crippen LogP contribution in [0.3, 0.4) is 0 Å². The minimum absolute atomic E-state index is 0.253. The maximum Gasteiger partial charge on any atom is 0.268 e. The van der Waals surface area contributed by atoms with Crippen molar-refractivity contribution in [1.29, 1.82) is 0 Å². The van der Waals surface area contributed by atoms with Crippen molar-refractivity contribution in [2.24, 2.45) is 0 Å². The molecule has 0 aliphatic heterocycles. The Morgan fingerprint density at radius 2 is 1.75 bits per heavy atom. The third-order valence-corrected chi connectivity index (χ3v) is 4.31. The highest BCUT2D eigenvalue weighted by Gasteiger charge is 2.13. The number of amides is 1. The molecule has 1 heterocycles. The summed E-state index contributed by atoms with van der Waals surface area (Å²) < 4.78 is 6.51. The Labute approximate surface area is 163 Å². The van der Waals surface area contributed by atoms with Gasteiger partial charge in [-0.25, -0.2) is 0 Å². The van der Waals surface area contributed by atoms with Gasteiger partial charge in [0.15, 0.2) is 0 Å². The Kier molecular flexibility index (Phi) is 6.07. The number of aromatic nitrogens is 1. The van der Waals surface area contributed by atoms with Crippen LogP contribution < -0.4 is 15.6 Å². The minimum Gasteiger partial charge on any atom is -0.497 e. The molecular formula is C23H22N2O3. The van der Waals surface area contributed by atoms with Crippen LogP contribution in [0.15, 0.2) is 77.7 Å². The molecule has 0 fully saturated rings. The van der Waals surface area contributed by atoms with Crippen LogP contribution in [-0.4, -0.2) is 17.6 Å². The van der Waals surface area contributed by atoms with E-state index in [9.17, 15) is 9.59 Å². The van der Waals surface area contributed by atoms with Gasteiger partial charge in [-0.3, -0.25) is 14.2 Å². The van der Waals surface area contributed by atoms with Crippen molar-refractivity contribution in [3.63, 3.8) is 0 Å². The molecule has 1 amide bonds. The number of benzene rings is 2.